The van der Waals surface area contributed by atoms with E-state index in [-0.39, 0.29) is 29.7 Å². The fourth-order valence-electron chi connectivity index (χ4n) is 3.84. The molecule has 1 aliphatic carbocycles. The van der Waals surface area contributed by atoms with Crippen LogP contribution < -0.4 is 10.6 Å². The number of carbonyl (C=O) groups is 3. The van der Waals surface area contributed by atoms with Crippen LogP contribution in [-0.4, -0.2) is 47.8 Å². The van der Waals surface area contributed by atoms with Crippen molar-refractivity contribution in [1.29, 1.82) is 0 Å². The van der Waals surface area contributed by atoms with Gasteiger partial charge in [-0.05, 0) is 62.1 Å². The van der Waals surface area contributed by atoms with Gasteiger partial charge in [0, 0.05) is 24.7 Å². The van der Waals surface area contributed by atoms with Gasteiger partial charge in [0.15, 0.2) is 0 Å². The second kappa shape index (κ2) is 9.00. The van der Waals surface area contributed by atoms with E-state index in [2.05, 4.69) is 10.6 Å². The summed E-state index contributed by atoms with van der Waals surface area (Å²) >= 11 is 1.45. The minimum absolute atomic E-state index is 0.00512. The monoisotopic (exact) mass is 425 g/mol. The second-order valence-corrected chi connectivity index (χ2v) is 9.15. The first-order valence-corrected chi connectivity index (χ1v) is 11.4. The first-order chi connectivity index (χ1) is 14.5. The first-order valence-electron chi connectivity index (χ1n) is 10.5. The van der Waals surface area contributed by atoms with Crippen molar-refractivity contribution < 1.29 is 14.4 Å². The summed E-state index contributed by atoms with van der Waals surface area (Å²) in [6.07, 6.45) is 3.37. The number of nitrogens with one attached hydrogen (secondary N) is 2. The van der Waals surface area contributed by atoms with E-state index in [0.29, 0.717) is 31.5 Å². The molecule has 1 saturated heterocycles. The lowest BCUT2D eigenvalue weighted by atomic mass is 9.88. The fraction of sp³-hybridized carbons (Fsp3) is 0.435. The fourth-order valence-corrected chi connectivity index (χ4v) is 4.53. The zero-order valence-corrected chi connectivity index (χ0v) is 17.9. The van der Waals surface area contributed by atoms with Crippen molar-refractivity contribution >= 4 is 29.1 Å². The van der Waals surface area contributed by atoms with Gasteiger partial charge < -0.3 is 15.5 Å². The zero-order valence-electron chi connectivity index (χ0n) is 17.1. The maximum absolute atomic E-state index is 12.9. The van der Waals surface area contributed by atoms with Crippen LogP contribution in [-0.2, 0) is 4.79 Å². The molecule has 1 aromatic heterocycles. The summed E-state index contributed by atoms with van der Waals surface area (Å²) in [4.78, 5) is 40.9. The Morgan fingerprint density at radius 2 is 1.73 bits per heavy atom. The molecule has 2 heterocycles. The van der Waals surface area contributed by atoms with Gasteiger partial charge in [0.1, 0.15) is 6.04 Å². The Morgan fingerprint density at radius 1 is 1.03 bits per heavy atom. The van der Waals surface area contributed by atoms with E-state index in [9.17, 15) is 14.4 Å². The number of amides is 3. The summed E-state index contributed by atoms with van der Waals surface area (Å²) in [6, 6.07) is 10.7. The van der Waals surface area contributed by atoms with E-state index >= 15 is 0 Å². The van der Waals surface area contributed by atoms with Gasteiger partial charge in [-0.15, -0.1) is 11.3 Å². The van der Waals surface area contributed by atoms with Gasteiger partial charge in [-0.1, -0.05) is 23.8 Å². The average molecular weight is 426 g/mol. The predicted molar refractivity (Wildman–Crippen MR) is 117 cm³/mol. The molecule has 2 aromatic rings. The van der Waals surface area contributed by atoms with Crippen LogP contribution in [0.4, 0.5) is 0 Å². The van der Waals surface area contributed by atoms with Crippen LogP contribution in [0.1, 0.15) is 51.3 Å². The van der Waals surface area contributed by atoms with Crippen molar-refractivity contribution in [2.45, 2.75) is 44.7 Å². The van der Waals surface area contributed by atoms with Crippen molar-refractivity contribution in [3.63, 3.8) is 0 Å². The number of hydrogen-bond acceptors (Lipinski definition) is 4. The molecule has 2 aliphatic rings. The zero-order chi connectivity index (χ0) is 21.1. The van der Waals surface area contributed by atoms with E-state index in [1.54, 1.807) is 12.1 Å². The first kappa shape index (κ1) is 20.6. The molecule has 6 nitrogen and oxygen atoms in total. The molecule has 30 heavy (non-hydrogen) atoms. The SMILES string of the molecule is Cc1ccc(C(=O)N[C@@H](C(=O)NC2CC2)C2CCN(C(=O)c3cccs3)CC2)cc1. The summed E-state index contributed by atoms with van der Waals surface area (Å²) in [5, 5.41) is 7.92. The Labute approximate surface area is 180 Å². The van der Waals surface area contributed by atoms with Gasteiger partial charge in [0.25, 0.3) is 11.8 Å². The molecule has 0 radical (unpaired) electrons. The molecule has 158 valence electrons. The smallest absolute Gasteiger partial charge is 0.263 e. The van der Waals surface area contributed by atoms with Gasteiger partial charge in [0.2, 0.25) is 5.91 Å². The Morgan fingerprint density at radius 3 is 2.33 bits per heavy atom. The lowest BCUT2D eigenvalue weighted by molar-refractivity contribution is -0.124. The van der Waals surface area contributed by atoms with Gasteiger partial charge in [0.05, 0.1) is 4.88 Å². The molecule has 1 saturated carbocycles. The van der Waals surface area contributed by atoms with Crippen molar-refractivity contribution in [2.75, 3.05) is 13.1 Å². The highest BCUT2D eigenvalue weighted by atomic mass is 32.1. The van der Waals surface area contributed by atoms with E-state index < -0.39 is 6.04 Å². The Hall–Kier alpha value is -2.67. The van der Waals surface area contributed by atoms with Crippen molar-refractivity contribution in [1.82, 2.24) is 15.5 Å². The van der Waals surface area contributed by atoms with Crippen molar-refractivity contribution in [2.24, 2.45) is 5.92 Å². The number of carbonyl (C=O) groups excluding carboxylic acids is 3. The number of rotatable bonds is 6. The highest BCUT2D eigenvalue weighted by Crippen LogP contribution is 2.25. The van der Waals surface area contributed by atoms with E-state index in [1.807, 2.05) is 41.5 Å². The third-order valence-corrected chi connectivity index (χ3v) is 6.69. The van der Waals surface area contributed by atoms with Crippen LogP contribution in [0.2, 0.25) is 0 Å². The van der Waals surface area contributed by atoms with Gasteiger partial charge in [-0.25, -0.2) is 0 Å². The molecule has 1 aromatic carbocycles. The standard InChI is InChI=1S/C23H27N3O3S/c1-15-4-6-17(7-5-15)21(27)25-20(22(28)24-18-8-9-18)16-10-12-26(13-11-16)23(29)19-3-2-14-30-19/h2-7,14,16,18,20H,8-13H2,1H3,(H,24,28)(H,25,27)/t20-/m1/s1. The molecule has 3 amide bonds. The average Bonchev–Trinajstić information content (AvgIpc) is 3.40. The van der Waals surface area contributed by atoms with Crippen LogP contribution in [0.5, 0.6) is 0 Å². The topological polar surface area (TPSA) is 78.5 Å². The number of nitrogens with zero attached hydrogens (tertiary/aromatic N) is 1. The maximum atomic E-state index is 12.9. The van der Waals surface area contributed by atoms with Crippen LogP contribution in [0, 0.1) is 12.8 Å². The van der Waals surface area contributed by atoms with Gasteiger partial charge in [-0.2, -0.15) is 0 Å². The molecule has 4 rings (SSSR count). The lowest BCUT2D eigenvalue weighted by Crippen LogP contribution is -2.54. The molecule has 2 N–H and O–H groups in total. The Bertz CT molecular complexity index is 898. The van der Waals surface area contributed by atoms with Crippen molar-refractivity contribution in [3.05, 3.63) is 57.8 Å². The largest absolute Gasteiger partial charge is 0.352 e. The molecule has 0 unspecified atom stereocenters. The highest BCUT2D eigenvalue weighted by Gasteiger charge is 2.36. The third kappa shape index (κ3) is 4.90. The Kier molecular flexibility index (Phi) is 6.18. The molecular weight excluding hydrogens is 398 g/mol. The number of hydrogen-bond donors (Lipinski definition) is 2. The van der Waals surface area contributed by atoms with Crippen molar-refractivity contribution in [3.8, 4) is 0 Å². The molecule has 0 bridgehead atoms. The van der Waals surface area contributed by atoms with E-state index in [1.165, 1.54) is 11.3 Å². The molecule has 1 atom stereocenters. The number of likely N-dealkylation sites (tertiary alicyclic amines) is 1. The predicted octanol–water partition coefficient (Wildman–Crippen LogP) is 2.99. The number of thiophene rings is 1. The highest BCUT2D eigenvalue weighted by molar-refractivity contribution is 7.12. The Balaban J connectivity index is 1.42. The molecule has 7 heteroatoms. The minimum Gasteiger partial charge on any atom is -0.352 e. The number of aryl methyl sites for hydroxylation is 1. The lowest BCUT2D eigenvalue weighted by Gasteiger charge is -2.35. The number of benzene rings is 1. The second-order valence-electron chi connectivity index (χ2n) is 8.21. The summed E-state index contributed by atoms with van der Waals surface area (Å²) < 4.78 is 0. The number of piperidine rings is 1. The van der Waals surface area contributed by atoms with Crippen LogP contribution in [0.15, 0.2) is 41.8 Å². The third-order valence-electron chi connectivity index (χ3n) is 5.84. The van der Waals surface area contributed by atoms with Gasteiger partial charge >= 0.3 is 0 Å². The van der Waals surface area contributed by atoms with Crippen LogP contribution >= 0.6 is 11.3 Å². The summed E-state index contributed by atoms with van der Waals surface area (Å²) in [6.45, 7) is 3.16. The molecule has 1 aliphatic heterocycles. The molecular formula is C23H27N3O3S. The minimum atomic E-state index is -0.585. The van der Waals surface area contributed by atoms with E-state index in [0.717, 1.165) is 23.3 Å². The summed E-state index contributed by atoms with van der Waals surface area (Å²) in [7, 11) is 0. The van der Waals surface area contributed by atoms with E-state index in [4.69, 9.17) is 0 Å². The molecule has 2 fully saturated rings. The summed E-state index contributed by atoms with van der Waals surface area (Å²) in [5.74, 6) is -0.291. The summed E-state index contributed by atoms with van der Waals surface area (Å²) in [5.41, 5.74) is 1.63. The maximum Gasteiger partial charge on any atom is 0.263 e. The van der Waals surface area contributed by atoms with Crippen LogP contribution in [0.25, 0.3) is 0 Å². The normalized spacial score (nSPS) is 18.0. The van der Waals surface area contributed by atoms with Gasteiger partial charge in [-0.3, -0.25) is 14.4 Å². The molecule has 0 spiro atoms. The quantitative estimate of drug-likeness (QED) is 0.747. The van der Waals surface area contributed by atoms with Crippen LogP contribution in [0.3, 0.4) is 0 Å².